The predicted octanol–water partition coefficient (Wildman–Crippen LogP) is 2.62. The third-order valence-electron chi connectivity index (χ3n) is 4.57. The summed E-state index contributed by atoms with van der Waals surface area (Å²) in [6, 6.07) is 0. The maximum atomic E-state index is 4.29. The first-order valence-electron chi connectivity index (χ1n) is 8.29. The Bertz CT molecular complexity index is 424. The van der Waals surface area contributed by atoms with Gasteiger partial charge in [0, 0.05) is 25.3 Å². The summed E-state index contributed by atoms with van der Waals surface area (Å²) in [5, 5.41) is 7.37. The molecule has 4 heteroatoms. The molecule has 1 aromatic heterocycles. The van der Waals surface area contributed by atoms with Gasteiger partial charge in [-0.15, -0.1) is 0 Å². The number of hydrogen-bond donors (Lipinski definition) is 1. The molecule has 2 heterocycles. The maximum absolute atomic E-state index is 4.29. The van der Waals surface area contributed by atoms with E-state index in [2.05, 4.69) is 54.7 Å². The minimum Gasteiger partial charge on any atom is -0.305 e. The van der Waals surface area contributed by atoms with E-state index in [1.54, 1.807) is 0 Å². The van der Waals surface area contributed by atoms with Crippen LogP contribution in [0.4, 0.5) is 0 Å². The molecule has 1 aliphatic heterocycles. The van der Waals surface area contributed by atoms with Crippen molar-refractivity contribution in [2.45, 2.75) is 47.0 Å². The Kier molecular flexibility index (Phi) is 5.44. The lowest BCUT2D eigenvalue weighted by Crippen LogP contribution is -2.40. The largest absolute Gasteiger partial charge is 0.305 e. The lowest BCUT2D eigenvalue weighted by atomic mass is 9.92. The Morgan fingerprint density at radius 1 is 1.24 bits per heavy atom. The molecule has 1 N–H and O–H groups in total. The highest BCUT2D eigenvalue weighted by atomic mass is 15.2. The molecule has 0 unspecified atom stereocenters. The van der Waals surface area contributed by atoms with Crippen molar-refractivity contribution in [2.24, 2.45) is 5.41 Å². The van der Waals surface area contributed by atoms with Crippen molar-refractivity contribution in [3.8, 4) is 0 Å². The van der Waals surface area contributed by atoms with Gasteiger partial charge >= 0.3 is 0 Å². The number of aromatic nitrogens is 2. The molecular weight excluding hydrogens is 260 g/mol. The van der Waals surface area contributed by atoms with Gasteiger partial charge in [0.25, 0.3) is 0 Å². The molecule has 120 valence electrons. The molecule has 1 fully saturated rings. The fraction of sp³-hybridized carbons (Fsp3) is 0.824. The number of rotatable bonds is 7. The van der Waals surface area contributed by atoms with Gasteiger partial charge in [0.05, 0.1) is 5.69 Å². The van der Waals surface area contributed by atoms with Crippen molar-refractivity contribution in [3.05, 3.63) is 17.0 Å². The Hall–Kier alpha value is -0.870. The van der Waals surface area contributed by atoms with E-state index in [0.29, 0.717) is 5.41 Å². The van der Waals surface area contributed by atoms with Crippen LogP contribution in [0.3, 0.4) is 0 Å². The van der Waals surface area contributed by atoms with Crippen molar-refractivity contribution < 1.29 is 0 Å². The number of aryl methyl sites for hydroxylation is 2. The fourth-order valence-corrected chi connectivity index (χ4v) is 3.65. The molecule has 21 heavy (non-hydrogen) atoms. The average Bonchev–Trinajstić information content (AvgIpc) is 2.97. The van der Waals surface area contributed by atoms with Gasteiger partial charge in [-0.1, -0.05) is 13.8 Å². The maximum Gasteiger partial charge on any atom is 0.0626 e. The standard InChI is InChI=1S/C17H32N4/c1-14-16(15(2)19-18-14)8-11-20(5)12-17(3,4)13-21-9-6-7-10-21/h6-13H2,1-5H3,(H,18,19). The summed E-state index contributed by atoms with van der Waals surface area (Å²) >= 11 is 0. The molecule has 0 radical (unpaired) electrons. The van der Waals surface area contributed by atoms with Gasteiger partial charge < -0.3 is 9.80 Å². The molecule has 0 bridgehead atoms. The molecule has 0 amide bonds. The van der Waals surface area contributed by atoms with Gasteiger partial charge in [-0.25, -0.2) is 0 Å². The van der Waals surface area contributed by atoms with Gasteiger partial charge in [-0.2, -0.15) is 5.10 Å². The Balaban J connectivity index is 1.79. The van der Waals surface area contributed by atoms with E-state index in [9.17, 15) is 0 Å². The highest BCUT2D eigenvalue weighted by Crippen LogP contribution is 2.21. The number of aromatic amines is 1. The van der Waals surface area contributed by atoms with Crippen molar-refractivity contribution in [1.29, 1.82) is 0 Å². The van der Waals surface area contributed by atoms with Crippen LogP contribution in [0.25, 0.3) is 0 Å². The van der Waals surface area contributed by atoms with E-state index in [4.69, 9.17) is 0 Å². The second-order valence-corrected chi connectivity index (χ2v) is 7.55. The zero-order valence-corrected chi connectivity index (χ0v) is 14.5. The molecule has 1 aliphatic rings. The molecule has 2 rings (SSSR count). The van der Waals surface area contributed by atoms with Gasteiger partial charge in [0.1, 0.15) is 0 Å². The molecular formula is C17H32N4. The third-order valence-corrected chi connectivity index (χ3v) is 4.57. The van der Waals surface area contributed by atoms with Crippen LogP contribution in [0.2, 0.25) is 0 Å². The summed E-state index contributed by atoms with van der Waals surface area (Å²) in [5.41, 5.74) is 4.12. The molecule has 0 spiro atoms. The molecule has 1 saturated heterocycles. The van der Waals surface area contributed by atoms with Gasteiger partial charge in [-0.05, 0) is 64.2 Å². The van der Waals surface area contributed by atoms with Crippen LogP contribution in [-0.2, 0) is 6.42 Å². The normalized spacial score (nSPS) is 17.0. The van der Waals surface area contributed by atoms with Crippen molar-refractivity contribution >= 4 is 0 Å². The molecule has 0 aromatic carbocycles. The minimum atomic E-state index is 0.361. The fourth-order valence-electron chi connectivity index (χ4n) is 3.65. The van der Waals surface area contributed by atoms with Crippen molar-refractivity contribution in [3.63, 3.8) is 0 Å². The summed E-state index contributed by atoms with van der Waals surface area (Å²) in [7, 11) is 2.25. The Morgan fingerprint density at radius 3 is 2.48 bits per heavy atom. The zero-order chi connectivity index (χ0) is 15.5. The topological polar surface area (TPSA) is 35.2 Å². The lowest BCUT2D eigenvalue weighted by molar-refractivity contribution is 0.150. The first kappa shape index (κ1) is 16.5. The Labute approximate surface area is 129 Å². The minimum absolute atomic E-state index is 0.361. The first-order chi connectivity index (χ1) is 9.87. The van der Waals surface area contributed by atoms with Crippen LogP contribution in [0.1, 0.15) is 43.6 Å². The second kappa shape index (κ2) is 6.93. The summed E-state index contributed by atoms with van der Waals surface area (Å²) in [6.07, 6.45) is 3.85. The number of H-pyrrole nitrogens is 1. The van der Waals surface area contributed by atoms with E-state index < -0.39 is 0 Å². The molecule has 0 saturated carbocycles. The smallest absolute Gasteiger partial charge is 0.0626 e. The van der Waals surface area contributed by atoms with Gasteiger partial charge in [0.2, 0.25) is 0 Å². The zero-order valence-electron chi connectivity index (χ0n) is 14.5. The van der Waals surface area contributed by atoms with Crippen LogP contribution in [0.5, 0.6) is 0 Å². The molecule has 1 aromatic rings. The lowest BCUT2D eigenvalue weighted by Gasteiger charge is -2.34. The van der Waals surface area contributed by atoms with Crippen LogP contribution in [-0.4, -0.2) is 59.8 Å². The average molecular weight is 292 g/mol. The van der Waals surface area contributed by atoms with Crippen LogP contribution >= 0.6 is 0 Å². The van der Waals surface area contributed by atoms with E-state index in [1.807, 2.05) is 0 Å². The van der Waals surface area contributed by atoms with Crippen molar-refractivity contribution in [2.75, 3.05) is 39.8 Å². The summed E-state index contributed by atoms with van der Waals surface area (Å²) in [6.45, 7) is 15.1. The number of hydrogen-bond acceptors (Lipinski definition) is 3. The van der Waals surface area contributed by atoms with E-state index in [0.717, 1.165) is 25.2 Å². The number of likely N-dealkylation sites (N-methyl/N-ethyl adjacent to an activating group) is 1. The highest BCUT2D eigenvalue weighted by Gasteiger charge is 2.25. The van der Waals surface area contributed by atoms with Crippen LogP contribution in [0, 0.1) is 19.3 Å². The predicted molar refractivity (Wildman–Crippen MR) is 88.7 cm³/mol. The van der Waals surface area contributed by atoms with Crippen LogP contribution < -0.4 is 0 Å². The van der Waals surface area contributed by atoms with E-state index >= 15 is 0 Å². The number of likely N-dealkylation sites (tertiary alicyclic amines) is 1. The van der Waals surface area contributed by atoms with E-state index in [1.165, 1.54) is 43.7 Å². The number of nitrogens with zero attached hydrogens (tertiary/aromatic N) is 3. The monoisotopic (exact) mass is 292 g/mol. The third kappa shape index (κ3) is 4.82. The summed E-state index contributed by atoms with van der Waals surface area (Å²) in [5.74, 6) is 0. The molecule has 0 aliphatic carbocycles. The van der Waals surface area contributed by atoms with Crippen LogP contribution in [0.15, 0.2) is 0 Å². The molecule has 4 nitrogen and oxygen atoms in total. The van der Waals surface area contributed by atoms with Gasteiger partial charge in [0.15, 0.2) is 0 Å². The van der Waals surface area contributed by atoms with Gasteiger partial charge in [-0.3, -0.25) is 5.10 Å². The quantitative estimate of drug-likeness (QED) is 0.839. The van der Waals surface area contributed by atoms with E-state index in [-0.39, 0.29) is 0 Å². The number of nitrogens with one attached hydrogen (secondary N) is 1. The second-order valence-electron chi connectivity index (χ2n) is 7.55. The summed E-state index contributed by atoms with van der Waals surface area (Å²) in [4.78, 5) is 5.10. The molecule has 0 atom stereocenters. The Morgan fingerprint density at radius 2 is 1.90 bits per heavy atom. The first-order valence-corrected chi connectivity index (χ1v) is 8.29. The SMILES string of the molecule is Cc1n[nH]c(C)c1CCN(C)CC(C)(C)CN1CCCC1. The highest BCUT2D eigenvalue weighted by molar-refractivity contribution is 5.23. The summed E-state index contributed by atoms with van der Waals surface area (Å²) < 4.78 is 0. The van der Waals surface area contributed by atoms with Crippen molar-refractivity contribution in [1.82, 2.24) is 20.0 Å².